The third kappa shape index (κ3) is 3.48. The number of rotatable bonds is 5. The third-order valence-electron chi connectivity index (χ3n) is 2.42. The van der Waals surface area contributed by atoms with Crippen molar-refractivity contribution in [3.63, 3.8) is 0 Å². The van der Waals surface area contributed by atoms with Gasteiger partial charge in [-0.2, -0.15) is 0 Å². The van der Waals surface area contributed by atoms with Crippen LogP contribution in [-0.2, 0) is 0 Å². The summed E-state index contributed by atoms with van der Waals surface area (Å²) in [5.74, 6) is 2.15. The fourth-order valence-corrected chi connectivity index (χ4v) is 1.46. The van der Waals surface area contributed by atoms with Gasteiger partial charge in [0.1, 0.15) is 11.5 Å². The summed E-state index contributed by atoms with van der Waals surface area (Å²) in [5.41, 5.74) is 1.21. The van der Waals surface area contributed by atoms with Crippen LogP contribution in [0.4, 0.5) is 0 Å². The first-order valence-corrected chi connectivity index (χ1v) is 6.11. The van der Waals surface area contributed by atoms with Crippen molar-refractivity contribution < 1.29 is 9.47 Å². The van der Waals surface area contributed by atoms with Gasteiger partial charge in [-0.3, -0.25) is 0 Å². The van der Waals surface area contributed by atoms with Gasteiger partial charge >= 0.3 is 0 Å². The standard InChI is InChI=1S/C15H17NO2/c1-3-10-17-15-9-8-14(11-16-15)18-13-6-4-12(2)5-7-13/h4-9,11H,3,10H2,1-2H3. The lowest BCUT2D eigenvalue weighted by Gasteiger charge is -2.07. The molecule has 0 spiro atoms. The van der Waals surface area contributed by atoms with Crippen molar-refractivity contribution >= 4 is 0 Å². The van der Waals surface area contributed by atoms with Crippen LogP contribution >= 0.6 is 0 Å². The lowest BCUT2D eigenvalue weighted by molar-refractivity contribution is 0.304. The van der Waals surface area contributed by atoms with Crippen molar-refractivity contribution in [3.05, 3.63) is 48.2 Å². The van der Waals surface area contributed by atoms with Gasteiger partial charge < -0.3 is 9.47 Å². The van der Waals surface area contributed by atoms with E-state index < -0.39 is 0 Å². The van der Waals surface area contributed by atoms with Crippen LogP contribution in [-0.4, -0.2) is 11.6 Å². The van der Waals surface area contributed by atoms with Gasteiger partial charge in [0, 0.05) is 6.07 Å². The molecule has 0 aliphatic carbocycles. The molecule has 2 aromatic rings. The Labute approximate surface area is 107 Å². The molecule has 0 fully saturated rings. The van der Waals surface area contributed by atoms with E-state index in [1.165, 1.54) is 5.56 Å². The molecule has 0 bridgehead atoms. The topological polar surface area (TPSA) is 31.4 Å². The Balaban J connectivity index is 1.99. The average molecular weight is 243 g/mol. The van der Waals surface area contributed by atoms with Crippen molar-refractivity contribution in [2.24, 2.45) is 0 Å². The number of pyridine rings is 1. The lowest BCUT2D eigenvalue weighted by atomic mass is 10.2. The summed E-state index contributed by atoms with van der Waals surface area (Å²) in [4.78, 5) is 4.18. The Morgan fingerprint density at radius 3 is 2.33 bits per heavy atom. The molecule has 94 valence electrons. The summed E-state index contributed by atoms with van der Waals surface area (Å²) in [6.45, 7) is 4.80. The molecule has 3 nitrogen and oxygen atoms in total. The molecule has 1 aromatic carbocycles. The number of hydrogen-bond acceptors (Lipinski definition) is 3. The fraction of sp³-hybridized carbons (Fsp3) is 0.267. The van der Waals surface area contributed by atoms with E-state index in [9.17, 15) is 0 Å². The molecule has 0 saturated heterocycles. The predicted molar refractivity (Wildman–Crippen MR) is 71.3 cm³/mol. The average Bonchev–Trinajstić information content (AvgIpc) is 2.41. The van der Waals surface area contributed by atoms with Gasteiger partial charge in [0.05, 0.1) is 12.8 Å². The Morgan fingerprint density at radius 2 is 1.72 bits per heavy atom. The Hall–Kier alpha value is -2.03. The lowest BCUT2D eigenvalue weighted by Crippen LogP contribution is -1.96. The van der Waals surface area contributed by atoms with E-state index in [-0.39, 0.29) is 0 Å². The molecule has 1 aromatic heterocycles. The molecular formula is C15H17NO2. The van der Waals surface area contributed by atoms with E-state index in [1.807, 2.05) is 43.3 Å². The van der Waals surface area contributed by atoms with Crippen molar-refractivity contribution in [1.82, 2.24) is 4.98 Å². The monoisotopic (exact) mass is 243 g/mol. The number of aromatic nitrogens is 1. The zero-order valence-electron chi connectivity index (χ0n) is 10.7. The Kier molecular flexibility index (Phi) is 4.18. The van der Waals surface area contributed by atoms with Gasteiger partial charge in [0.2, 0.25) is 5.88 Å². The minimum Gasteiger partial charge on any atom is -0.478 e. The molecule has 0 radical (unpaired) electrons. The summed E-state index contributed by atoms with van der Waals surface area (Å²) in [6, 6.07) is 11.6. The van der Waals surface area contributed by atoms with Gasteiger partial charge in [0.15, 0.2) is 0 Å². The molecule has 0 aliphatic rings. The second kappa shape index (κ2) is 6.05. The van der Waals surface area contributed by atoms with Crippen molar-refractivity contribution in [2.75, 3.05) is 6.61 Å². The van der Waals surface area contributed by atoms with Gasteiger partial charge in [-0.05, 0) is 31.5 Å². The summed E-state index contributed by atoms with van der Waals surface area (Å²) in [5, 5.41) is 0. The van der Waals surface area contributed by atoms with E-state index >= 15 is 0 Å². The molecule has 0 saturated carbocycles. The highest BCUT2D eigenvalue weighted by Gasteiger charge is 1.99. The number of hydrogen-bond donors (Lipinski definition) is 0. The van der Waals surface area contributed by atoms with E-state index in [0.29, 0.717) is 18.2 Å². The number of aryl methyl sites for hydroxylation is 1. The first-order valence-electron chi connectivity index (χ1n) is 6.11. The van der Waals surface area contributed by atoms with Crippen molar-refractivity contribution in [3.8, 4) is 17.4 Å². The van der Waals surface area contributed by atoms with E-state index in [0.717, 1.165) is 12.2 Å². The summed E-state index contributed by atoms with van der Waals surface area (Å²) >= 11 is 0. The van der Waals surface area contributed by atoms with Crippen LogP contribution in [0.25, 0.3) is 0 Å². The first kappa shape index (κ1) is 12.4. The number of ether oxygens (including phenoxy) is 2. The predicted octanol–water partition coefficient (Wildman–Crippen LogP) is 3.97. The maximum Gasteiger partial charge on any atom is 0.213 e. The molecular weight excluding hydrogens is 226 g/mol. The van der Waals surface area contributed by atoms with E-state index in [1.54, 1.807) is 6.20 Å². The SMILES string of the molecule is CCCOc1ccc(Oc2ccc(C)cc2)cn1. The Bertz CT molecular complexity index is 477. The molecule has 0 atom stereocenters. The summed E-state index contributed by atoms with van der Waals surface area (Å²) in [6.07, 6.45) is 2.65. The Morgan fingerprint density at radius 1 is 1.00 bits per heavy atom. The zero-order valence-corrected chi connectivity index (χ0v) is 10.7. The van der Waals surface area contributed by atoms with Crippen LogP contribution in [0.5, 0.6) is 17.4 Å². The van der Waals surface area contributed by atoms with Gasteiger partial charge in [0.25, 0.3) is 0 Å². The second-order valence-corrected chi connectivity index (χ2v) is 4.10. The molecule has 1 heterocycles. The molecule has 0 N–H and O–H groups in total. The second-order valence-electron chi connectivity index (χ2n) is 4.10. The highest BCUT2D eigenvalue weighted by Crippen LogP contribution is 2.22. The van der Waals surface area contributed by atoms with Gasteiger partial charge in [-0.1, -0.05) is 24.6 Å². The zero-order chi connectivity index (χ0) is 12.8. The van der Waals surface area contributed by atoms with E-state index in [4.69, 9.17) is 9.47 Å². The van der Waals surface area contributed by atoms with Crippen LogP contribution in [0.2, 0.25) is 0 Å². The third-order valence-corrected chi connectivity index (χ3v) is 2.42. The van der Waals surface area contributed by atoms with Crippen LogP contribution in [0.1, 0.15) is 18.9 Å². The summed E-state index contributed by atoms with van der Waals surface area (Å²) < 4.78 is 11.1. The van der Waals surface area contributed by atoms with Crippen molar-refractivity contribution in [2.45, 2.75) is 20.3 Å². The number of benzene rings is 1. The molecule has 3 heteroatoms. The maximum atomic E-state index is 5.67. The van der Waals surface area contributed by atoms with Crippen LogP contribution in [0, 0.1) is 6.92 Å². The molecule has 0 unspecified atom stereocenters. The minimum atomic E-state index is 0.633. The van der Waals surface area contributed by atoms with Crippen LogP contribution in [0.15, 0.2) is 42.6 Å². The summed E-state index contributed by atoms with van der Waals surface area (Å²) in [7, 11) is 0. The smallest absolute Gasteiger partial charge is 0.213 e. The number of nitrogens with zero attached hydrogens (tertiary/aromatic N) is 1. The largest absolute Gasteiger partial charge is 0.478 e. The highest BCUT2D eigenvalue weighted by molar-refractivity contribution is 5.32. The fourth-order valence-electron chi connectivity index (χ4n) is 1.46. The normalized spacial score (nSPS) is 10.1. The van der Waals surface area contributed by atoms with Crippen LogP contribution < -0.4 is 9.47 Å². The van der Waals surface area contributed by atoms with E-state index in [2.05, 4.69) is 11.9 Å². The molecule has 18 heavy (non-hydrogen) atoms. The quantitative estimate of drug-likeness (QED) is 0.796. The maximum absolute atomic E-state index is 5.67. The first-order chi connectivity index (χ1) is 8.78. The van der Waals surface area contributed by atoms with Gasteiger partial charge in [-0.15, -0.1) is 0 Å². The molecule has 2 rings (SSSR count). The molecule has 0 aliphatic heterocycles. The van der Waals surface area contributed by atoms with Crippen LogP contribution in [0.3, 0.4) is 0 Å². The minimum absolute atomic E-state index is 0.633. The highest BCUT2D eigenvalue weighted by atomic mass is 16.5. The molecule has 0 amide bonds. The van der Waals surface area contributed by atoms with Gasteiger partial charge in [-0.25, -0.2) is 4.98 Å². The van der Waals surface area contributed by atoms with Crippen molar-refractivity contribution in [1.29, 1.82) is 0 Å².